The number of hydrogen-bond donors (Lipinski definition) is 0. The van der Waals surface area contributed by atoms with E-state index in [2.05, 4.69) is 102 Å². The molecule has 0 bridgehead atoms. The number of fused-ring (bicyclic) bond motifs is 3. The van der Waals surface area contributed by atoms with Gasteiger partial charge in [-0.2, -0.15) is 0 Å². The molecule has 0 amide bonds. The molecule has 0 saturated heterocycles. The first-order chi connectivity index (χ1) is 13.2. The summed E-state index contributed by atoms with van der Waals surface area (Å²) in [6, 6.07) is 16.2. The van der Waals surface area contributed by atoms with Gasteiger partial charge in [0, 0.05) is 0 Å². The van der Waals surface area contributed by atoms with E-state index >= 15 is 0 Å². The van der Waals surface area contributed by atoms with Gasteiger partial charge < -0.3 is 24.8 Å². The minimum atomic E-state index is -2.45. The Labute approximate surface area is 202 Å². The number of hydrogen-bond acceptors (Lipinski definition) is 0. The molecule has 0 spiro atoms. The van der Waals surface area contributed by atoms with Crippen LogP contribution in [0.15, 0.2) is 64.0 Å². The van der Waals surface area contributed by atoms with E-state index in [4.69, 9.17) is 0 Å². The van der Waals surface area contributed by atoms with Gasteiger partial charge in [0.15, 0.2) is 0 Å². The van der Waals surface area contributed by atoms with Gasteiger partial charge in [-0.15, -0.1) is 0 Å². The van der Waals surface area contributed by atoms with Crippen molar-refractivity contribution in [2.75, 3.05) is 0 Å². The number of halogens is 2. The normalized spacial score (nSPS) is 14.0. The van der Waals surface area contributed by atoms with Crippen molar-refractivity contribution >= 4 is 6.58 Å². The van der Waals surface area contributed by atoms with Crippen molar-refractivity contribution in [1.29, 1.82) is 0 Å². The van der Waals surface area contributed by atoms with Crippen molar-refractivity contribution in [2.24, 2.45) is 10.8 Å². The molecule has 30 heavy (non-hydrogen) atoms. The molecule has 0 N–H and O–H groups in total. The molecule has 3 heteroatoms. The summed E-state index contributed by atoms with van der Waals surface area (Å²) in [6.07, 6.45) is 9.38. The molecular formula is C27H32Cl2Hf. The second-order valence-electron chi connectivity index (χ2n) is 10.2. The molecule has 2 aromatic rings. The second-order valence-corrected chi connectivity index (χ2v) is 19.0. The summed E-state index contributed by atoms with van der Waals surface area (Å²) in [5, 5.41) is 0. The molecule has 4 rings (SSSR count). The predicted molar refractivity (Wildman–Crippen MR) is 120 cm³/mol. The van der Waals surface area contributed by atoms with Crippen LogP contribution in [0.25, 0.3) is 11.1 Å². The van der Waals surface area contributed by atoms with Crippen LogP contribution < -0.4 is 28.1 Å². The molecule has 2 aliphatic carbocycles. The Hall–Kier alpha value is -0.760. The quantitative estimate of drug-likeness (QED) is 0.376. The first-order valence-corrected chi connectivity index (χ1v) is 15.9. The van der Waals surface area contributed by atoms with Crippen LogP contribution in [0.3, 0.4) is 0 Å². The molecule has 158 valence electrons. The Morgan fingerprint density at radius 1 is 0.800 bits per heavy atom. The van der Waals surface area contributed by atoms with Gasteiger partial charge in [-0.1, -0.05) is 0 Å². The second kappa shape index (κ2) is 9.39. The van der Waals surface area contributed by atoms with E-state index in [0.29, 0.717) is 0 Å². The Balaban J connectivity index is 0.00000160. The fraction of sp³-hybridized carbons (Fsp3) is 0.370. The van der Waals surface area contributed by atoms with Crippen LogP contribution in [0.4, 0.5) is 0 Å². The number of allylic oxidation sites excluding steroid dienone is 4. The van der Waals surface area contributed by atoms with Crippen LogP contribution in [-0.2, 0) is 27.4 Å². The minimum Gasteiger partial charge on any atom is -1.00 e. The minimum absolute atomic E-state index is 0. The maximum Gasteiger partial charge on any atom is -1.00 e. The summed E-state index contributed by atoms with van der Waals surface area (Å²) in [5.41, 5.74) is 6.54. The van der Waals surface area contributed by atoms with Crippen LogP contribution >= 0.6 is 0 Å². The summed E-state index contributed by atoms with van der Waals surface area (Å²) < 4.78 is 5.34. The molecule has 0 radical (unpaired) electrons. The van der Waals surface area contributed by atoms with E-state index in [0.717, 1.165) is 12.8 Å². The zero-order valence-electron chi connectivity index (χ0n) is 18.9. The zero-order chi connectivity index (χ0) is 20.1. The SMILES string of the molecule is CC(C)(C)[C](=[Hf+2]([C]1=CC=CC1)[c]1cccc2c1Cc1ccccc1-2)C(C)(C)C.[Cl-].[Cl-]. The van der Waals surface area contributed by atoms with Crippen molar-refractivity contribution in [3.8, 4) is 11.1 Å². The van der Waals surface area contributed by atoms with Crippen LogP contribution in [0.5, 0.6) is 0 Å². The summed E-state index contributed by atoms with van der Waals surface area (Å²) in [6.45, 7) is 14.7. The number of rotatable bonds is 2. The molecule has 0 heterocycles. The fourth-order valence-electron chi connectivity index (χ4n) is 5.37. The van der Waals surface area contributed by atoms with Crippen molar-refractivity contribution < 1.29 is 45.8 Å². The summed E-state index contributed by atoms with van der Waals surface area (Å²) in [7, 11) is 0. The van der Waals surface area contributed by atoms with Crippen molar-refractivity contribution in [1.82, 2.24) is 0 Å². The van der Waals surface area contributed by atoms with E-state index < -0.39 is 21.0 Å². The van der Waals surface area contributed by atoms with E-state index in [1.54, 1.807) is 12.2 Å². The predicted octanol–water partition coefficient (Wildman–Crippen LogP) is 0.618. The summed E-state index contributed by atoms with van der Waals surface area (Å²) in [5.74, 6) is 0. The van der Waals surface area contributed by atoms with Gasteiger partial charge in [0.2, 0.25) is 0 Å². The van der Waals surface area contributed by atoms with Gasteiger partial charge >= 0.3 is 179 Å². The standard InChI is InChI=1S/C13H9.C9H18.C5H5.2ClH.Hf/c1-3-7-12-10(5-1)9-11-6-2-4-8-13(11)12;1-8(2,3)7-9(4,5)6;1-2-4-5-3-1;;;/h1-5,7-8H,9H2;1-6H3;1-3H,4H2;2*1H;/q;;;;;+2/p-2. The van der Waals surface area contributed by atoms with Gasteiger partial charge in [-0.3, -0.25) is 0 Å². The summed E-state index contributed by atoms with van der Waals surface area (Å²) >= 11 is -2.45. The van der Waals surface area contributed by atoms with Crippen LogP contribution in [0.1, 0.15) is 59.1 Å². The van der Waals surface area contributed by atoms with E-state index in [1.807, 2.05) is 3.26 Å². The molecule has 0 aromatic heterocycles. The molecule has 2 aromatic carbocycles. The topological polar surface area (TPSA) is 0 Å². The third-order valence-corrected chi connectivity index (χ3v) is 20.4. The van der Waals surface area contributed by atoms with Crippen LogP contribution in [0.2, 0.25) is 0 Å². The van der Waals surface area contributed by atoms with Crippen LogP contribution in [-0.4, -0.2) is 3.26 Å². The zero-order valence-corrected chi connectivity index (χ0v) is 24.0. The first kappa shape index (κ1) is 25.5. The maximum absolute atomic E-state index is 2.49. The molecular weight excluding hydrogens is 574 g/mol. The molecule has 0 saturated carbocycles. The average molecular weight is 606 g/mol. The van der Waals surface area contributed by atoms with Gasteiger partial charge in [-0.05, 0) is 0 Å². The van der Waals surface area contributed by atoms with Gasteiger partial charge in [-0.25, -0.2) is 0 Å². The average Bonchev–Trinajstić information content (AvgIpc) is 3.24. The third kappa shape index (κ3) is 4.69. The van der Waals surface area contributed by atoms with Crippen molar-refractivity contribution in [3.05, 3.63) is 75.1 Å². The molecule has 0 fully saturated rings. The Morgan fingerprint density at radius 3 is 2.03 bits per heavy atom. The van der Waals surface area contributed by atoms with E-state index in [9.17, 15) is 0 Å². The fourth-order valence-corrected chi connectivity index (χ4v) is 19.1. The summed E-state index contributed by atoms with van der Waals surface area (Å²) in [4.78, 5) is 0. The first-order valence-electron chi connectivity index (χ1n) is 10.5. The number of benzene rings is 2. The molecule has 0 nitrogen and oxygen atoms in total. The van der Waals surface area contributed by atoms with Crippen LogP contribution in [0, 0.1) is 10.8 Å². The molecule has 2 aliphatic rings. The Kier molecular flexibility index (Phi) is 7.98. The molecule has 0 aliphatic heterocycles. The van der Waals surface area contributed by atoms with Gasteiger partial charge in [0.25, 0.3) is 0 Å². The third-order valence-electron chi connectivity index (χ3n) is 5.96. The largest absolute Gasteiger partial charge is 1.00 e. The maximum atomic E-state index is 2.49. The van der Waals surface area contributed by atoms with Gasteiger partial charge in [0.05, 0.1) is 0 Å². The van der Waals surface area contributed by atoms with Crippen molar-refractivity contribution in [3.63, 3.8) is 0 Å². The smallest absolute Gasteiger partial charge is 1.00 e. The monoisotopic (exact) mass is 606 g/mol. The Bertz CT molecular complexity index is 1010. The van der Waals surface area contributed by atoms with Crippen molar-refractivity contribution in [2.45, 2.75) is 54.4 Å². The molecule has 0 unspecified atom stereocenters. The molecule has 0 atom stereocenters. The van der Waals surface area contributed by atoms with E-state index in [-0.39, 0.29) is 35.6 Å². The Morgan fingerprint density at radius 2 is 1.43 bits per heavy atom. The van der Waals surface area contributed by atoms with E-state index in [1.165, 1.54) is 16.7 Å². The van der Waals surface area contributed by atoms with Gasteiger partial charge in [0.1, 0.15) is 0 Å².